The van der Waals surface area contributed by atoms with E-state index in [-0.39, 0.29) is 29.6 Å². The number of phenolic OH excluding ortho intramolecular Hbond substituents is 1. The molecule has 0 amide bonds. The summed E-state index contributed by atoms with van der Waals surface area (Å²) in [5.74, 6) is 0.372. The zero-order chi connectivity index (χ0) is 9.80. The molecule has 72 valence electrons. The number of para-hydroxylation sites is 1. The predicted octanol–water partition coefficient (Wildman–Crippen LogP) is 2.33. The molecule has 1 N–H and O–H groups in total. The first kappa shape index (κ1) is 12.3. The van der Waals surface area contributed by atoms with Crippen molar-refractivity contribution in [2.24, 2.45) is 0 Å². The number of phenols is 1. The van der Waals surface area contributed by atoms with Gasteiger partial charge in [0.15, 0.2) is 0 Å². The van der Waals surface area contributed by atoms with Gasteiger partial charge in [-0.2, -0.15) is 0 Å². The van der Waals surface area contributed by atoms with Crippen LogP contribution in [0.15, 0.2) is 54.6 Å². The molecule has 0 atom stereocenters. The van der Waals surface area contributed by atoms with Gasteiger partial charge >= 0.3 is 29.6 Å². The van der Waals surface area contributed by atoms with Gasteiger partial charge in [0, 0.05) is 6.42 Å². The molecule has 1 nitrogen and oxygen atoms in total. The molecule has 0 saturated carbocycles. The van der Waals surface area contributed by atoms with E-state index in [2.05, 4.69) is 12.1 Å². The van der Waals surface area contributed by atoms with Crippen LogP contribution in [0.5, 0.6) is 5.75 Å². The molecule has 0 aliphatic carbocycles. The van der Waals surface area contributed by atoms with Crippen molar-refractivity contribution >= 4 is 29.6 Å². The van der Waals surface area contributed by atoms with Crippen molar-refractivity contribution in [1.29, 1.82) is 0 Å². The summed E-state index contributed by atoms with van der Waals surface area (Å²) in [6.07, 6.45) is 0.785. The minimum atomic E-state index is 0. The predicted molar refractivity (Wildman–Crippen MR) is 64.5 cm³/mol. The van der Waals surface area contributed by atoms with Crippen molar-refractivity contribution in [1.82, 2.24) is 0 Å². The van der Waals surface area contributed by atoms with E-state index in [1.165, 1.54) is 5.56 Å². The summed E-state index contributed by atoms with van der Waals surface area (Å²) in [4.78, 5) is 0. The Morgan fingerprint density at radius 2 is 1.40 bits per heavy atom. The normalized spacial score (nSPS) is 9.33. The van der Waals surface area contributed by atoms with Gasteiger partial charge in [0.25, 0.3) is 0 Å². The van der Waals surface area contributed by atoms with Gasteiger partial charge in [0.1, 0.15) is 5.75 Å². The van der Waals surface area contributed by atoms with Crippen LogP contribution in [0.3, 0.4) is 0 Å². The number of aromatic hydroxyl groups is 1. The molecule has 2 heteroatoms. The second-order valence-electron chi connectivity index (χ2n) is 3.29. The number of rotatable bonds is 2. The fourth-order valence-corrected chi connectivity index (χ4v) is 1.48. The van der Waals surface area contributed by atoms with Crippen molar-refractivity contribution in [2.45, 2.75) is 6.42 Å². The molecule has 0 unspecified atom stereocenters. The van der Waals surface area contributed by atoms with Crippen molar-refractivity contribution in [2.75, 3.05) is 0 Å². The van der Waals surface area contributed by atoms with Gasteiger partial charge in [0.05, 0.1) is 0 Å². The van der Waals surface area contributed by atoms with Crippen LogP contribution in [-0.2, 0) is 6.42 Å². The zero-order valence-corrected chi connectivity index (χ0v) is 7.85. The first-order chi connectivity index (χ1) is 6.86. The maximum absolute atomic E-state index is 9.57. The van der Waals surface area contributed by atoms with Crippen LogP contribution in [0, 0.1) is 0 Å². The molecule has 0 bridgehead atoms. The maximum atomic E-state index is 9.57. The summed E-state index contributed by atoms with van der Waals surface area (Å²) in [5, 5.41) is 9.57. The topological polar surface area (TPSA) is 20.2 Å². The molecular weight excluding hydrogens is 195 g/mol. The summed E-state index contributed by atoms with van der Waals surface area (Å²) in [5.41, 5.74) is 2.19. The summed E-state index contributed by atoms with van der Waals surface area (Å²) in [7, 11) is 0. The Labute approximate surface area is 112 Å². The van der Waals surface area contributed by atoms with Crippen LogP contribution in [0.1, 0.15) is 11.1 Å². The Hall–Kier alpha value is -0.760. The van der Waals surface area contributed by atoms with E-state index in [1.807, 2.05) is 36.4 Å². The third kappa shape index (κ3) is 3.38. The third-order valence-corrected chi connectivity index (χ3v) is 2.23. The second kappa shape index (κ2) is 5.96. The van der Waals surface area contributed by atoms with E-state index in [0.29, 0.717) is 5.75 Å². The Bertz CT molecular complexity index is 412. The van der Waals surface area contributed by atoms with Crippen molar-refractivity contribution in [3.8, 4) is 5.75 Å². The number of benzene rings is 2. The van der Waals surface area contributed by atoms with E-state index >= 15 is 0 Å². The van der Waals surface area contributed by atoms with Crippen LogP contribution in [0.4, 0.5) is 0 Å². The van der Waals surface area contributed by atoms with Crippen molar-refractivity contribution in [3.63, 3.8) is 0 Å². The molecule has 15 heavy (non-hydrogen) atoms. The summed E-state index contributed by atoms with van der Waals surface area (Å²) in [6, 6.07) is 17.6. The van der Waals surface area contributed by atoms with Crippen LogP contribution < -0.4 is 0 Å². The third-order valence-electron chi connectivity index (χ3n) is 2.23. The molecule has 0 aliphatic rings. The molecule has 2 aromatic carbocycles. The molecular formula is C13H13NaO. The quantitative estimate of drug-likeness (QED) is 0.751. The average molecular weight is 208 g/mol. The van der Waals surface area contributed by atoms with Crippen LogP contribution in [-0.4, -0.2) is 34.7 Å². The van der Waals surface area contributed by atoms with Crippen LogP contribution >= 0.6 is 0 Å². The van der Waals surface area contributed by atoms with Gasteiger partial charge in [-0.15, -0.1) is 0 Å². The van der Waals surface area contributed by atoms with Crippen LogP contribution in [0.25, 0.3) is 0 Å². The Kier molecular flexibility index (Phi) is 4.89. The second-order valence-corrected chi connectivity index (χ2v) is 3.29. The van der Waals surface area contributed by atoms with E-state index in [9.17, 15) is 5.11 Å². The first-order valence-electron chi connectivity index (χ1n) is 4.67. The standard InChI is InChI=1S/C13H12O.Na.H/c14-13-9-5-4-8-12(13)10-11-6-2-1-3-7-11;;/h1-9,14H,10H2;;. The minimum absolute atomic E-state index is 0. The summed E-state index contributed by atoms with van der Waals surface area (Å²) < 4.78 is 0. The van der Waals surface area contributed by atoms with E-state index in [0.717, 1.165) is 12.0 Å². The summed E-state index contributed by atoms with van der Waals surface area (Å²) in [6.45, 7) is 0. The van der Waals surface area contributed by atoms with Gasteiger partial charge in [-0.05, 0) is 17.2 Å². The average Bonchev–Trinajstić information content (AvgIpc) is 2.23. The fourth-order valence-electron chi connectivity index (χ4n) is 1.48. The van der Waals surface area contributed by atoms with Gasteiger partial charge < -0.3 is 5.11 Å². The molecule has 0 aliphatic heterocycles. The van der Waals surface area contributed by atoms with E-state index < -0.39 is 0 Å². The Balaban J connectivity index is 0.00000112. The Morgan fingerprint density at radius 3 is 2.07 bits per heavy atom. The van der Waals surface area contributed by atoms with Gasteiger partial charge in [0.2, 0.25) is 0 Å². The molecule has 0 aromatic heterocycles. The molecule has 0 saturated heterocycles. The SMILES string of the molecule is Oc1ccccc1Cc1ccccc1.[NaH]. The van der Waals surface area contributed by atoms with E-state index in [4.69, 9.17) is 0 Å². The van der Waals surface area contributed by atoms with Crippen molar-refractivity contribution in [3.05, 3.63) is 65.7 Å². The zero-order valence-electron chi connectivity index (χ0n) is 7.85. The molecule has 0 heterocycles. The molecule has 0 radical (unpaired) electrons. The number of hydrogen-bond donors (Lipinski definition) is 1. The monoisotopic (exact) mass is 208 g/mol. The number of hydrogen-bond acceptors (Lipinski definition) is 1. The van der Waals surface area contributed by atoms with Crippen molar-refractivity contribution < 1.29 is 5.11 Å². The van der Waals surface area contributed by atoms with E-state index in [1.54, 1.807) is 6.07 Å². The van der Waals surface area contributed by atoms with Crippen LogP contribution in [0.2, 0.25) is 0 Å². The van der Waals surface area contributed by atoms with Gasteiger partial charge in [-0.3, -0.25) is 0 Å². The molecule has 0 spiro atoms. The molecule has 0 fully saturated rings. The first-order valence-corrected chi connectivity index (χ1v) is 4.67. The Morgan fingerprint density at radius 1 is 0.800 bits per heavy atom. The van der Waals surface area contributed by atoms with Gasteiger partial charge in [-0.25, -0.2) is 0 Å². The molecule has 2 aromatic rings. The van der Waals surface area contributed by atoms with Gasteiger partial charge in [-0.1, -0.05) is 48.5 Å². The molecule has 2 rings (SSSR count). The summed E-state index contributed by atoms with van der Waals surface area (Å²) >= 11 is 0. The fraction of sp³-hybridized carbons (Fsp3) is 0.0769.